The van der Waals surface area contributed by atoms with Crippen LogP contribution < -0.4 is 0 Å². The summed E-state index contributed by atoms with van der Waals surface area (Å²) >= 11 is 1.44. The van der Waals surface area contributed by atoms with Crippen molar-refractivity contribution in [1.29, 1.82) is 0 Å². The van der Waals surface area contributed by atoms with Gasteiger partial charge in [-0.2, -0.15) is 11.3 Å². The fourth-order valence-electron chi connectivity index (χ4n) is 2.53. The van der Waals surface area contributed by atoms with Gasteiger partial charge in [-0.15, -0.1) is 0 Å². The molecule has 1 aliphatic carbocycles. The lowest BCUT2D eigenvalue weighted by Gasteiger charge is -2.36. The molecule has 4 nitrogen and oxygen atoms in total. The van der Waals surface area contributed by atoms with Gasteiger partial charge in [0.2, 0.25) is 0 Å². The van der Waals surface area contributed by atoms with E-state index in [0.29, 0.717) is 5.56 Å². The molecule has 1 unspecified atom stereocenters. The first-order chi connectivity index (χ1) is 8.88. The molecule has 0 radical (unpaired) electrons. The lowest BCUT2D eigenvalue weighted by molar-refractivity contribution is -0.149. The number of allylic oxidation sites excluding steroid dienone is 1. The van der Waals surface area contributed by atoms with Gasteiger partial charge in [0.25, 0.3) is 0 Å². The summed E-state index contributed by atoms with van der Waals surface area (Å²) in [5, 5.41) is 14.0. The Morgan fingerprint density at radius 3 is 2.74 bits per heavy atom. The minimum Gasteiger partial charge on any atom is -0.511 e. The molecular weight excluding hydrogens is 264 g/mol. The number of Topliss-reactive ketones (excluding diaryl/α,β-unsaturated/α-hetero) is 1. The van der Waals surface area contributed by atoms with Crippen LogP contribution in [0.3, 0.4) is 0 Å². The van der Waals surface area contributed by atoms with Crippen LogP contribution in [-0.4, -0.2) is 24.0 Å². The third kappa shape index (κ3) is 2.30. The average Bonchev–Trinajstić information content (AvgIpc) is 2.80. The Hall–Kier alpha value is -1.62. The van der Waals surface area contributed by atoms with Gasteiger partial charge in [-0.25, -0.2) is 0 Å². The summed E-state index contributed by atoms with van der Waals surface area (Å²) in [6, 6.07) is 1.76. The number of methoxy groups -OCH3 is 1. The molecular formula is C14H16O4S. The van der Waals surface area contributed by atoms with Crippen molar-refractivity contribution < 1.29 is 19.4 Å². The van der Waals surface area contributed by atoms with E-state index in [2.05, 4.69) is 0 Å². The first-order valence-electron chi connectivity index (χ1n) is 5.95. The Balaban J connectivity index is 2.58. The van der Waals surface area contributed by atoms with Gasteiger partial charge in [-0.1, -0.05) is 13.8 Å². The quantitative estimate of drug-likeness (QED) is 0.846. The third-order valence-electron chi connectivity index (χ3n) is 3.45. The molecule has 19 heavy (non-hydrogen) atoms. The van der Waals surface area contributed by atoms with Crippen molar-refractivity contribution in [2.24, 2.45) is 11.3 Å². The molecule has 1 N–H and O–H groups in total. The molecule has 1 heterocycles. The monoisotopic (exact) mass is 280 g/mol. The van der Waals surface area contributed by atoms with E-state index in [9.17, 15) is 14.7 Å². The zero-order chi connectivity index (χ0) is 14.2. The average molecular weight is 280 g/mol. The molecule has 0 saturated carbocycles. The van der Waals surface area contributed by atoms with Crippen molar-refractivity contribution in [1.82, 2.24) is 0 Å². The van der Waals surface area contributed by atoms with Crippen molar-refractivity contribution >= 4 is 28.7 Å². The van der Waals surface area contributed by atoms with Crippen LogP contribution in [0.4, 0.5) is 0 Å². The van der Waals surface area contributed by atoms with Crippen LogP contribution in [0.25, 0.3) is 5.57 Å². The number of aliphatic hydroxyl groups is 1. The van der Waals surface area contributed by atoms with Gasteiger partial charge in [0.05, 0.1) is 12.7 Å². The van der Waals surface area contributed by atoms with E-state index in [1.807, 2.05) is 5.38 Å². The zero-order valence-electron chi connectivity index (χ0n) is 11.1. The summed E-state index contributed by atoms with van der Waals surface area (Å²) in [5.74, 6) is -1.62. The largest absolute Gasteiger partial charge is 0.511 e. The maximum atomic E-state index is 12.2. The molecule has 0 aliphatic heterocycles. The van der Waals surface area contributed by atoms with Crippen molar-refractivity contribution in [2.45, 2.75) is 20.3 Å². The molecule has 0 bridgehead atoms. The van der Waals surface area contributed by atoms with Crippen molar-refractivity contribution in [3.8, 4) is 0 Å². The lowest BCUT2D eigenvalue weighted by atomic mass is 9.68. The zero-order valence-corrected chi connectivity index (χ0v) is 11.9. The number of carbonyl (C=O) groups is 2. The summed E-state index contributed by atoms with van der Waals surface area (Å²) in [6.45, 7) is 3.57. The maximum Gasteiger partial charge on any atom is 0.316 e. The number of ether oxygens (including phenoxy) is 1. The molecule has 0 fully saturated rings. The second kappa shape index (κ2) is 4.81. The highest BCUT2D eigenvalue weighted by atomic mass is 32.1. The fraction of sp³-hybridized carbons (Fsp3) is 0.429. The molecule has 1 aromatic heterocycles. The molecule has 1 aliphatic rings. The van der Waals surface area contributed by atoms with E-state index in [-0.39, 0.29) is 23.5 Å². The smallest absolute Gasteiger partial charge is 0.316 e. The molecule has 2 rings (SSSR count). The van der Waals surface area contributed by atoms with E-state index in [0.717, 1.165) is 0 Å². The van der Waals surface area contributed by atoms with E-state index in [1.54, 1.807) is 25.3 Å². The van der Waals surface area contributed by atoms with Crippen LogP contribution in [-0.2, 0) is 14.3 Å². The first-order valence-corrected chi connectivity index (χ1v) is 6.89. The number of carbonyl (C=O) groups excluding carboxylic acids is 2. The minimum atomic E-state index is -0.801. The highest BCUT2D eigenvalue weighted by Gasteiger charge is 2.47. The Morgan fingerprint density at radius 2 is 2.21 bits per heavy atom. The van der Waals surface area contributed by atoms with Crippen LogP contribution >= 0.6 is 11.3 Å². The van der Waals surface area contributed by atoms with Gasteiger partial charge in [0, 0.05) is 6.42 Å². The summed E-state index contributed by atoms with van der Waals surface area (Å²) in [6.07, 6.45) is 0.210. The summed E-state index contributed by atoms with van der Waals surface area (Å²) in [5.41, 5.74) is 0.265. The van der Waals surface area contributed by atoms with Gasteiger partial charge in [-0.05, 0) is 27.8 Å². The topological polar surface area (TPSA) is 63.6 Å². The highest BCUT2D eigenvalue weighted by molar-refractivity contribution is 7.08. The fourth-order valence-corrected chi connectivity index (χ4v) is 3.17. The number of ketones is 1. The molecule has 102 valence electrons. The number of aliphatic hydroxyl groups excluding tert-OH is 1. The van der Waals surface area contributed by atoms with Crippen LogP contribution in [0.1, 0.15) is 25.8 Å². The summed E-state index contributed by atoms with van der Waals surface area (Å²) in [4.78, 5) is 24.1. The van der Waals surface area contributed by atoms with Crippen LogP contribution in [0.2, 0.25) is 0 Å². The Bertz CT molecular complexity index is 540. The Morgan fingerprint density at radius 1 is 1.53 bits per heavy atom. The van der Waals surface area contributed by atoms with Gasteiger partial charge >= 0.3 is 5.97 Å². The van der Waals surface area contributed by atoms with Crippen LogP contribution in [0, 0.1) is 11.3 Å². The van der Waals surface area contributed by atoms with E-state index < -0.39 is 17.3 Å². The van der Waals surface area contributed by atoms with Gasteiger partial charge in [-0.3, -0.25) is 9.59 Å². The minimum absolute atomic E-state index is 0.138. The number of thiophene rings is 1. The SMILES string of the molecule is COC(=O)C1C(O)=C(c2ccsc2)C(=O)CC1(C)C. The van der Waals surface area contributed by atoms with E-state index >= 15 is 0 Å². The predicted octanol–water partition coefficient (Wildman–Crippen LogP) is 2.81. The number of rotatable bonds is 2. The Labute approximate surface area is 115 Å². The van der Waals surface area contributed by atoms with E-state index in [1.165, 1.54) is 18.4 Å². The van der Waals surface area contributed by atoms with Gasteiger partial charge in [0.1, 0.15) is 11.7 Å². The number of esters is 1. The van der Waals surface area contributed by atoms with Crippen LogP contribution in [0.15, 0.2) is 22.6 Å². The number of hydrogen-bond donors (Lipinski definition) is 1. The maximum absolute atomic E-state index is 12.2. The second-order valence-electron chi connectivity index (χ2n) is 5.32. The molecule has 0 spiro atoms. The third-order valence-corrected chi connectivity index (χ3v) is 4.14. The first kappa shape index (κ1) is 13.8. The highest BCUT2D eigenvalue weighted by Crippen LogP contribution is 2.44. The Kier molecular flexibility index (Phi) is 3.49. The molecule has 1 atom stereocenters. The molecule has 0 saturated heterocycles. The normalized spacial score (nSPS) is 22.5. The molecule has 0 aromatic carbocycles. The van der Waals surface area contributed by atoms with Gasteiger partial charge < -0.3 is 9.84 Å². The van der Waals surface area contributed by atoms with Crippen molar-refractivity contribution in [2.75, 3.05) is 7.11 Å². The predicted molar refractivity (Wildman–Crippen MR) is 72.8 cm³/mol. The lowest BCUT2D eigenvalue weighted by Crippen LogP contribution is -2.39. The standard InChI is InChI=1S/C14H16O4S/c1-14(2)6-9(15)10(8-4-5-19-7-8)12(16)11(14)13(17)18-3/h4-5,7,11,16H,6H2,1-3H3. The summed E-state index contributed by atoms with van der Waals surface area (Å²) in [7, 11) is 1.28. The molecule has 0 amide bonds. The second-order valence-corrected chi connectivity index (χ2v) is 6.10. The molecule has 1 aromatic rings. The number of hydrogen-bond acceptors (Lipinski definition) is 5. The van der Waals surface area contributed by atoms with Crippen molar-refractivity contribution in [3.63, 3.8) is 0 Å². The van der Waals surface area contributed by atoms with Crippen LogP contribution in [0.5, 0.6) is 0 Å². The summed E-state index contributed by atoms with van der Waals surface area (Å²) < 4.78 is 4.75. The van der Waals surface area contributed by atoms with Gasteiger partial charge in [0.15, 0.2) is 5.78 Å². The van der Waals surface area contributed by atoms with E-state index in [4.69, 9.17) is 4.74 Å². The van der Waals surface area contributed by atoms with Crippen molar-refractivity contribution in [3.05, 3.63) is 28.1 Å². The molecule has 5 heteroatoms.